The number of nitrogens with zero attached hydrogens (tertiary/aromatic N) is 2. The first-order valence-corrected chi connectivity index (χ1v) is 12.6. The Labute approximate surface area is 118 Å². The van der Waals surface area contributed by atoms with E-state index >= 15 is 0 Å². The molecule has 0 N–H and O–H groups in total. The van der Waals surface area contributed by atoms with Gasteiger partial charge >= 0.3 is 5.97 Å². The zero-order chi connectivity index (χ0) is 13.5. The van der Waals surface area contributed by atoms with Crippen molar-refractivity contribution in [2.45, 2.75) is 6.04 Å². The molecule has 0 aromatic heterocycles. The minimum Gasteiger partial charge on any atom is -0.468 e. The third kappa shape index (κ3) is 6.30. The molecule has 1 aliphatic rings. The summed E-state index contributed by atoms with van der Waals surface area (Å²) in [6.07, 6.45) is 0. The number of piperazine rings is 1. The minimum atomic E-state index is -0.421. The van der Waals surface area contributed by atoms with Crippen molar-refractivity contribution in [2.75, 3.05) is 39.9 Å². The lowest BCUT2D eigenvalue weighted by molar-refractivity contribution is -0.143. The van der Waals surface area contributed by atoms with E-state index in [9.17, 15) is 4.79 Å². The van der Waals surface area contributed by atoms with Gasteiger partial charge in [-0.15, -0.1) is 8.93 Å². The second-order valence-corrected chi connectivity index (χ2v) is 13.2. The Balaban J connectivity index is 2.48. The van der Waals surface area contributed by atoms with Crippen LogP contribution in [0.1, 0.15) is 0 Å². The smallest absolute Gasteiger partial charge is 0.319 e. The largest absolute Gasteiger partial charge is 0.468 e. The van der Waals surface area contributed by atoms with E-state index in [1.54, 1.807) is 0 Å². The van der Waals surface area contributed by atoms with Crippen molar-refractivity contribution in [3.8, 4) is 0 Å². The van der Waals surface area contributed by atoms with E-state index in [1.165, 1.54) is 7.11 Å². The maximum absolute atomic E-state index is 11.4. The molecule has 6 atom stereocenters. The second-order valence-electron chi connectivity index (χ2n) is 3.95. The number of methoxy groups -OCH3 is 1. The molecular weight excluding hydrogens is 327 g/mol. The fourth-order valence-corrected chi connectivity index (χ4v) is 3.86. The van der Waals surface area contributed by atoms with Crippen LogP contribution in [0, 0.1) is 0 Å². The highest BCUT2D eigenvalue weighted by Crippen LogP contribution is 2.66. The molecule has 1 heterocycles. The molecule has 0 aromatic carbocycles. The van der Waals surface area contributed by atoms with Crippen LogP contribution in [0.3, 0.4) is 0 Å². The molecule has 106 valence electrons. The molecule has 18 heavy (non-hydrogen) atoms. The van der Waals surface area contributed by atoms with Gasteiger partial charge in [0, 0.05) is 25.7 Å². The predicted molar refractivity (Wildman–Crippen MR) is 89.3 cm³/mol. The van der Waals surface area contributed by atoms with Gasteiger partial charge in [-0.3, -0.25) is 14.4 Å². The van der Waals surface area contributed by atoms with Crippen LogP contribution in [0.2, 0.25) is 0 Å². The molecule has 0 bridgehead atoms. The molecule has 1 aliphatic heterocycles. The lowest BCUT2D eigenvalue weighted by Crippen LogP contribution is -2.53. The molecule has 0 amide bonds. The first-order valence-electron chi connectivity index (χ1n) is 5.51. The van der Waals surface area contributed by atoms with Gasteiger partial charge in [0.1, 0.15) is 0 Å². The van der Waals surface area contributed by atoms with Crippen LogP contribution in [0.25, 0.3) is 0 Å². The third-order valence-corrected chi connectivity index (χ3v) is 11.8. The van der Waals surface area contributed by atoms with Crippen LogP contribution in [0.4, 0.5) is 0 Å². The first kappa shape index (κ1) is 17.6. The van der Waals surface area contributed by atoms with Gasteiger partial charge in [-0.25, -0.2) is 0 Å². The number of ether oxygens (including phenoxy) is 1. The highest BCUT2D eigenvalue weighted by molar-refractivity contribution is 8.59. The summed E-state index contributed by atoms with van der Waals surface area (Å²) in [6.45, 7) is 3.72. The molecule has 0 aliphatic carbocycles. The lowest BCUT2D eigenvalue weighted by Gasteiger charge is -2.39. The van der Waals surface area contributed by atoms with Crippen LogP contribution in [0.5, 0.6) is 0 Å². The Bertz CT molecular complexity index is 273. The van der Waals surface area contributed by atoms with Crippen molar-refractivity contribution in [1.82, 2.24) is 9.57 Å². The van der Waals surface area contributed by atoms with Gasteiger partial charge in [-0.05, 0) is 7.96 Å². The molecule has 10 heteroatoms. The van der Waals surface area contributed by atoms with Gasteiger partial charge in [0.05, 0.1) is 27.8 Å². The molecule has 1 saturated heterocycles. The zero-order valence-electron chi connectivity index (χ0n) is 10.4. The Morgan fingerprint density at radius 1 is 1.56 bits per heavy atom. The quantitative estimate of drug-likeness (QED) is 0.538. The molecule has 6 unspecified atom stereocenters. The van der Waals surface area contributed by atoms with Gasteiger partial charge in [0.25, 0.3) is 0 Å². The van der Waals surface area contributed by atoms with E-state index < -0.39 is 7.53 Å². The van der Waals surface area contributed by atoms with Crippen LogP contribution in [-0.4, -0.2) is 61.5 Å². The van der Waals surface area contributed by atoms with Crippen LogP contribution < -0.4 is 0 Å². The Hall–Kier alpha value is 1.50. The van der Waals surface area contributed by atoms with E-state index in [2.05, 4.69) is 36.8 Å². The minimum absolute atomic E-state index is 0.182. The molecule has 0 aromatic rings. The Morgan fingerprint density at radius 3 is 2.89 bits per heavy atom. The van der Waals surface area contributed by atoms with Crippen molar-refractivity contribution in [3.05, 3.63) is 0 Å². The van der Waals surface area contributed by atoms with Gasteiger partial charge < -0.3 is 9.26 Å². The molecule has 0 radical (unpaired) electrons. The van der Waals surface area contributed by atoms with E-state index in [0.29, 0.717) is 13.2 Å². The normalized spacial score (nSPS) is 24.6. The summed E-state index contributed by atoms with van der Waals surface area (Å²) in [5.41, 5.74) is 0. The zero-order valence-corrected chi connectivity index (χ0v) is 15.8. The maximum atomic E-state index is 11.4. The predicted octanol–water partition coefficient (Wildman–Crippen LogP) is 1.52. The Morgan fingerprint density at radius 2 is 2.28 bits per heavy atom. The number of hydrogen-bond donors (Lipinski definition) is 0. The summed E-state index contributed by atoms with van der Waals surface area (Å²) in [7, 11) is 9.91. The number of esters is 1. The summed E-state index contributed by atoms with van der Waals surface area (Å²) < 4.78 is 12.7. The number of carbonyl (C=O) groups is 1. The van der Waals surface area contributed by atoms with E-state index in [-0.39, 0.29) is 12.0 Å². The molecule has 1 rings (SSSR count). The average molecular weight is 348 g/mol. The molecule has 1 fully saturated rings. The lowest BCUT2D eigenvalue weighted by atomic mass is 10.2. The van der Waals surface area contributed by atoms with Gasteiger partial charge in [0.2, 0.25) is 0 Å². The van der Waals surface area contributed by atoms with E-state index in [1.807, 2.05) is 0 Å². The van der Waals surface area contributed by atoms with Crippen molar-refractivity contribution >= 4 is 48.7 Å². The van der Waals surface area contributed by atoms with E-state index in [0.717, 1.165) is 27.6 Å². The van der Waals surface area contributed by atoms with Gasteiger partial charge in [-0.2, -0.15) is 0 Å². The number of rotatable bonds is 6. The van der Waals surface area contributed by atoms with Crippen molar-refractivity contribution < 1.29 is 14.1 Å². The average Bonchev–Trinajstić information content (AvgIpc) is 2.38. The standard InChI is InChI=1S/C8H21N2O3P5/c1-12-8(11)5-9-2-3-10(14)4-7(9)6-13-18(16)17-15/h7,17H,2-6,14-16H2,1H3. The number of carbonyl (C=O) groups excluding carboxylic acids is 1. The third-order valence-electron chi connectivity index (χ3n) is 2.73. The summed E-state index contributed by atoms with van der Waals surface area (Å²) >= 11 is 0. The SMILES string of the molecule is COC(=O)CN1CCN(P)CC1COP(P)PP. The first-order chi connectivity index (χ1) is 8.56. The van der Waals surface area contributed by atoms with Crippen molar-refractivity contribution in [3.63, 3.8) is 0 Å². The van der Waals surface area contributed by atoms with Crippen LogP contribution in [0.15, 0.2) is 0 Å². The Kier molecular flexibility index (Phi) is 9.20. The number of hydrogen-bond acceptors (Lipinski definition) is 5. The van der Waals surface area contributed by atoms with Crippen molar-refractivity contribution in [1.29, 1.82) is 0 Å². The summed E-state index contributed by atoms with van der Waals surface area (Å²) in [5, 5.41) is 0. The monoisotopic (exact) mass is 348 g/mol. The maximum Gasteiger partial charge on any atom is 0.319 e. The van der Waals surface area contributed by atoms with E-state index in [4.69, 9.17) is 9.26 Å². The fourth-order valence-electron chi connectivity index (χ4n) is 1.72. The van der Waals surface area contributed by atoms with Crippen LogP contribution in [-0.2, 0) is 14.1 Å². The second kappa shape index (κ2) is 9.44. The molecular formula is C8H21N2O3P5. The summed E-state index contributed by atoms with van der Waals surface area (Å²) in [5.74, 6) is -0.182. The highest BCUT2D eigenvalue weighted by atomic mass is 32.6. The van der Waals surface area contributed by atoms with Crippen molar-refractivity contribution in [2.24, 2.45) is 0 Å². The fraction of sp³-hybridized carbons (Fsp3) is 0.875. The molecule has 5 nitrogen and oxygen atoms in total. The summed E-state index contributed by atoms with van der Waals surface area (Å²) in [6, 6.07) is 0.252. The molecule has 0 spiro atoms. The molecule has 0 saturated carbocycles. The van der Waals surface area contributed by atoms with Crippen LogP contribution >= 0.6 is 42.7 Å². The van der Waals surface area contributed by atoms with Gasteiger partial charge in [0.15, 0.2) is 0 Å². The summed E-state index contributed by atoms with van der Waals surface area (Å²) in [4.78, 5) is 13.5. The van der Waals surface area contributed by atoms with Gasteiger partial charge in [-0.1, -0.05) is 18.3 Å². The topological polar surface area (TPSA) is 42.0 Å². The highest BCUT2D eigenvalue weighted by Gasteiger charge is 2.27.